The quantitative estimate of drug-likeness (QED) is 0.815. The smallest absolute Gasteiger partial charge is 0.270 e. The molecule has 1 unspecified atom stereocenters. The largest absolute Gasteiger partial charge is 0.397 e. The van der Waals surface area contributed by atoms with Gasteiger partial charge in [-0.15, -0.1) is 0 Å². The van der Waals surface area contributed by atoms with E-state index in [0.29, 0.717) is 17.3 Å². The number of nitrogens with two attached hydrogens (primary N) is 1. The molecular formula is C12H19N3O. The molecule has 0 fully saturated rings. The maximum atomic E-state index is 11.8. The zero-order chi connectivity index (χ0) is 12.1. The van der Waals surface area contributed by atoms with Crippen LogP contribution in [0.1, 0.15) is 37.7 Å². The summed E-state index contributed by atoms with van der Waals surface area (Å²) < 4.78 is 0. The van der Waals surface area contributed by atoms with E-state index in [1.165, 1.54) is 6.20 Å². The van der Waals surface area contributed by atoms with Crippen molar-refractivity contribution in [3.05, 3.63) is 24.0 Å². The van der Waals surface area contributed by atoms with Gasteiger partial charge in [0.25, 0.3) is 5.91 Å². The van der Waals surface area contributed by atoms with Gasteiger partial charge in [-0.25, -0.2) is 4.98 Å². The first-order valence-corrected chi connectivity index (χ1v) is 5.57. The highest BCUT2D eigenvalue weighted by molar-refractivity contribution is 5.92. The van der Waals surface area contributed by atoms with Crippen LogP contribution in [0.25, 0.3) is 0 Å². The molecule has 0 spiro atoms. The molecule has 4 heteroatoms. The number of rotatable bonds is 4. The number of hydrogen-bond donors (Lipinski definition) is 2. The van der Waals surface area contributed by atoms with Gasteiger partial charge in [-0.1, -0.05) is 20.8 Å². The van der Waals surface area contributed by atoms with E-state index in [1.807, 2.05) is 0 Å². The summed E-state index contributed by atoms with van der Waals surface area (Å²) in [6.07, 6.45) is 2.41. The third-order valence-corrected chi connectivity index (χ3v) is 2.58. The fourth-order valence-corrected chi connectivity index (χ4v) is 1.52. The maximum Gasteiger partial charge on any atom is 0.270 e. The number of nitrogens with zero attached hydrogens (tertiary/aromatic N) is 1. The normalized spacial score (nSPS) is 12.5. The summed E-state index contributed by atoms with van der Waals surface area (Å²) in [7, 11) is 0. The standard InChI is InChI=1S/C12H19N3O/c1-4-10(8(2)3)15-12(16)11-6-5-9(13)7-14-11/h5-8,10H,4,13H2,1-3H3,(H,15,16). The second-order valence-corrected chi connectivity index (χ2v) is 4.21. The zero-order valence-corrected chi connectivity index (χ0v) is 10.0. The number of nitrogen functional groups attached to an aromatic ring is 1. The Morgan fingerprint density at radius 1 is 1.50 bits per heavy atom. The van der Waals surface area contributed by atoms with E-state index >= 15 is 0 Å². The van der Waals surface area contributed by atoms with Crippen LogP contribution in [0.5, 0.6) is 0 Å². The minimum Gasteiger partial charge on any atom is -0.397 e. The van der Waals surface area contributed by atoms with Crippen LogP contribution in [-0.4, -0.2) is 16.9 Å². The first-order chi connectivity index (χ1) is 7.54. The number of anilines is 1. The molecule has 1 amide bonds. The number of aromatic nitrogens is 1. The van der Waals surface area contributed by atoms with Crippen molar-refractivity contribution in [2.45, 2.75) is 33.2 Å². The second kappa shape index (κ2) is 5.49. The molecular weight excluding hydrogens is 202 g/mol. The summed E-state index contributed by atoms with van der Waals surface area (Å²) in [5.74, 6) is 0.281. The summed E-state index contributed by atoms with van der Waals surface area (Å²) in [5.41, 5.74) is 6.48. The van der Waals surface area contributed by atoms with Crippen LogP contribution in [0.4, 0.5) is 5.69 Å². The highest BCUT2D eigenvalue weighted by Crippen LogP contribution is 2.07. The SMILES string of the molecule is CCC(NC(=O)c1ccc(N)cn1)C(C)C. The molecule has 0 aliphatic heterocycles. The number of nitrogens with one attached hydrogen (secondary N) is 1. The third-order valence-electron chi connectivity index (χ3n) is 2.58. The van der Waals surface area contributed by atoms with Gasteiger partial charge >= 0.3 is 0 Å². The highest BCUT2D eigenvalue weighted by atomic mass is 16.1. The van der Waals surface area contributed by atoms with Gasteiger partial charge in [0.05, 0.1) is 11.9 Å². The first kappa shape index (κ1) is 12.5. The van der Waals surface area contributed by atoms with E-state index in [2.05, 4.69) is 31.1 Å². The van der Waals surface area contributed by atoms with Crippen molar-refractivity contribution >= 4 is 11.6 Å². The van der Waals surface area contributed by atoms with Gasteiger partial charge in [0, 0.05) is 6.04 Å². The Labute approximate surface area is 96.3 Å². The Bertz CT molecular complexity index is 346. The van der Waals surface area contributed by atoms with Crippen LogP contribution in [0.3, 0.4) is 0 Å². The van der Waals surface area contributed by atoms with Gasteiger partial charge < -0.3 is 11.1 Å². The summed E-state index contributed by atoms with van der Waals surface area (Å²) >= 11 is 0. The van der Waals surface area contributed by atoms with E-state index in [4.69, 9.17) is 5.73 Å². The van der Waals surface area contributed by atoms with Crippen molar-refractivity contribution < 1.29 is 4.79 Å². The number of pyridine rings is 1. The molecule has 1 atom stereocenters. The van der Waals surface area contributed by atoms with E-state index < -0.39 is 0 Å². The molecule has 0 aromatic carbocycles. The number of amides is 1. The Kier molecular flexibility index (Phi) is 4.28. The molecule has 0 bridgehead atoms. The summed E-state index contributed by atoms with van der Waals surface area (Å²) in [4.78, 5) is 15.8. The molecule has 1 heterocycles. The molecule has 1 aromatic rings. The molecule has 16 heavy (non-hydrogen) atoms. The Morgan fingerprint density at radius 2 is 2.19 bits per heavy atom. The molecule has 0 radical (unpaired) electrons. The van der Waals surface area contributed by atoms with Gasteiger partial charge in [-0.2, -0.15) is 0 Å². The van der Waals surface area contributed by atoms with E-state index in [0.717, 1.165) is 6.42 Å². The average molecular weight is 221 g/mol. The van der Waals surface area contributed by atoms with Crippen molar-refractivity contribution in [1.82, 2.24) is 10.3 Å². The minimum atomic E-state index is -0.138. The molecule has 1 aromatic heterocycles. The Balaban J connectivity index is 2.68. The van der Waals surface area contributed by atoms with Crippen LogP contribution in [0, 0.1) is 5.92 Å². The van der Waals surface area contributed by atoms with Crippen molar-refractivity contribution in [1.29, 1.82) is 0 Å². The van der Waals surface area contributed by atoms with Crippen LogP contribution in [0.2, 0.25) is 0 Å². The van der Waals surface area contributed by atoms with Gasteiger partial charge in [0.2, 0.25) is 0 Å². The lowest BCUT2D eigenvalue weighted by molar-refractivity contribution is 0.0919. The fraction of sp³-hybridized carbons (Fsp3) is 0.500. The van der Waals surface area contributed by atoms with Gasteiger partial charge in [-0.3, -0.25) is 4.79 Å². The number of carbonyl (C=O) groups is 1. The van der Waals surface area contributed by atoms with Crippen LogP contribution < -0.4 is 11.1 Å². The fourth-order valence-electron chi connectivity index (χ4n) is 1.52. The molecule has 3 N–H and O–H groups in total. The van der Waals surface area contributed by atoms with Crippen LogP contribution in [0.15, 0.2) is 18.3 Å². The van der Waals surface area contributed by atoms with Crippen molar-refractivity contribution in [2.24, 2.45) is 5.92 Å². The number of hydrogen-bond acceptors (Lipinski definition) is 3. The van der Waals surface area contributed by atoms with Crippen LogP contribution in [-0.2, 0) is 0 Å². The van der Waals surface area contributed by atoms with Crippen molar-refractivity contribution in [3.63, 3.8) is 0 Å². The lowest BCUT2D eigenvalue weighted by atomic mass is 10.0. The third kappa shape index (κ3) is 3.22. The van der Waals surface area contributed by atoms with E-state index in [9.17, 15) is 4.79 Å². The first-order valence-electron chi connectivity index (χ1n) is 5.57. The van der Waals surface area contributed by atoms with Crippen molar-refractivity contribution in [2.75, 3.05) is 5.73 Å². The topological polar surface area (TPSA) is 68.0 Å². The molecule has 0 saturated carbocycles. The average Bonchev–Trinajstić information content (AvgIpc) is 2.26. The summed E-state index contributed by atoms with van der Waals surface area (Å²) in [5, 5.41) is 2.96. The monoisotopic (exact) mass is 221 g/mol. The van der Waals surface area contributed by atoms with Gasteiger partial charge in [-0.05, 0) is 24.5 Å². The Morgan fingerprint density at radius 3 is 2.62 bits per heavy atom. The van der Waals surface area contributed by atoms with Gasteiger partial charge in [0.15, 0.2) is 0 Å². The van der Waals surface area contributed by atoms with Crippen molar-refractivity contribution in [3.8, 4) is 0 Å². The lowest BCUT2D eigenvalue weighted by Gasteiger charge is -2.20. The Hall–Kier alpha value is -1.58. The van der Waals surface area contributed by atoms with E-state index in [-0.39, 0.29) is 11.9 Å². The molecule has 0 aliphatic carbocycles. The zero-order valence-electron chi connectivity index (χ0n) is 10.0. The summed E-state index contributed by atoms with van der Waals surface area (Å²) in [6, 6.07) is 3.50. The second-order valence-electron chi connectivity index (χ2n) is 4.21. The molecule has 1 rings (SSSR count). The van der Waals surface area contributed by atoms with Gasteiger partial charge in [0.1, 0.15) is 5.69 Å². The minimum absolute atomic E-state index is 0.138. The summed E-state index contributed by atoms with van der Waals surface area (Å²) in [6.45, 7) is 6.23. The molecule has 88 valence electrons. The number of carbonyl (C=O) groups excluding carboxylic acids is 1. The molecule has 4 nitrogen and oxygen atoms in total. The maximum absolute atomic E-state index is 11.8. The molecule has 0 aliphatic rings. The predicted octanol–water partition coefficient (Wildman–Crippen LogP) is 1.83. The van der Waals surface area contributed by atoms with Crippen LogP contribution >= 0.6 is 0 Å². The highest BCUT2D eigenvalue weighted by Gasteiger charge is 2.15. The van der Waals surface area contributed by atoms with E-state index in [1.54, 1.807) is 12.1 Å². The molecule has 0 saturated heterocycles. The lowest BCUT2D eigenvalue weighted by Crippen LogP contribution is -2.38. The predicted molar refractivity (Wildman–Crippen MR) is 65.0 cm³/mol.